The second-order valence-electron chi connectivity index (χ2n) is 8.18. The maximum atomic E-state index is 12.2. The zero-order valence-electron chi connectivity index (χ0n) is 19.7. The lowest BCUT2D eigenvalue weighted by atomic mass is 9.94. The summed E-state index contributed by atoms with van der Waals surface area (Å²) in [7, 11) is 0. The Hall–Kier alpha value is -2.11. The second-order valence-corrected chi connectivity index (χ2v) is 8.81. The first kappa shape index (κ1) is 29.9. The molecule has 1 unspecified atom stereocenters. The highest BCUT2D eigenvalue weighted by Gasteiger charge is 2.16. The molecule has 0 fully saturated rings. The van der Waals surface area contributed by atoms with Gasteiger partial charge in [-0.05, 0) is 48.9 Å². The maximum Gasteiger partial charge on any atom is 0.237 e. The van der Waals surface area contributed by atoms with Crippen LogP contribution < -0.4 is 33.0 Å². The number of nitrogens with zero attached hydrogens (tertiary/aromatic N) is 1. The van der Waals surface area contributed by atoms with E-state index in [0.717, 1.165) is 42.6 Å². The van der Waals surface area contributed by atoms with Gasteiger partial charge in [-0.25, -0.2) is 0 Å². The van der Waals surface area contributed by atoms with Crippen molar-refractivity contribution in [3.8, 4) is 5.75 Å². The predicted octanol–water partition coefficient (Wildman–Crippen LogP) is 1.47. The summed E-state index contributed by atoms with van der Waals surface area (Å²) in [5.74, 6) is 1.36. The van der Waals surface area contributed by atoms with Gasteiger partial charge in [0.2, 0.25) is 11.8 Å². The molecule has 1 aromatic carbocycles. The average Bonchev–Trinajstić information content (AvgIpc) is 2.81. The lowest BCUT2D eigenvalue weighted by Crippen LogP contribution is -2.42. The van der Waals surface area contributed by atoms with Crippen molar-refractivity contribution in [2.24, 2.45) is 33.8 Å². The topological polar surface area (TPSA) is 172 Å². The number of primary amides is 1. The van der Waals surface area contributed by atoms with Crippen LogP contribution in [0.15, 0.2) is 23.2 Å². The molecule has 2 amide bonds. The Morgan fingerprint density at radius 3 is 2.24 bits per heavy atom. The number of thiol groups is 2. The number of guanidine groups is 1. The summed E-state index contributed by atoms with van der Waals surface area (Å²) in [4.78, 5) is 27.8. The van der Waals surface area contributed by atoms with Crippen LogP contribution >= 0.6 is 25.3 Å². The van der Waals surface area contributed by atoms with Crippen molar-refractivity contribution in [3.63, 3.8) is 0 Å². The Morgan fingerprint density at radius 2 is 1.62 bits per heavy atom. The van der Waals surface area contributed by atoms with Crippen LogP contribution in [0.2, 0.25) is 0 Å². The summed E-state index contributed by atoms with van der Waals surface area (Å²) in [5, 5.41) is 2.80. The molecule has 192 valence electrons. The Bertz CT molecular complexity index is 790. The van der Waals surface area contributed by atoms with Crippen LogP contribution in [-0.4, -0.2) is 43.5 Å². The van der Waals surface area contributed by atoms with E-state index in [2.05, 4.69) is 35.6 Å². The molecular formula is C23H40N6O3S2. The summed E-state index contributed by atoms with van der Waals surface area (Å²) in [6.07, 6.45) is 5.07. The summed E-state index contributed by atoms with van der Waals surface area (Å²) < 4.78 is 5.71. The van der Waals surface area contributed by atoms with E-state index in [1.807, 2.05) is 18.2 Å². The van der Waals surface area contributed by atoms with Crippen LogP contribution in [0.3, 0.4) is 0 Å². The van der Waals surface area contributed by atoms with Crippen LogP contribution in [0.5, 0.6) is 5.75 Å². The number of hydrogen-bond acceptors (Lipinski definition) is 7. The number of nitrogens with one attached hydrogen (secondary N) is 1. The number of amides is 2. The standard InChI is InChI=1S/C23H40N6O3S2/c24-20(7-2-1-5-16(21(25)30)6-3-4-10-29-23(26)27)22(31)28-11-12-32-19-9-8-17(14-33)18(13-19)15-34/h8-9,13,16,20,33-34H,1-7,10-12,14-15,24H2,(H2,25,30)(H,28,31)(H4,26,27,29)/t16?,20-/m1/s1. The molecule has 9 N–H and O–H groups in total. The van der Waals surface area contributed by atoms with Crippen LogP contribution in [0.4, 0.5) is 0 Å². The van der Waals surface area contributed by atoms with E-state index in [9.17, 15) is 9.59 Å². The van der Waals surface area contributed by atoms with Crippen molar-refractivity contribution in [2.45, 2.75) is 62.5 Å². The molecule has 0 spiro atoms. The third kappa shape index (κ3) is 12.4. The second kappa shape index (κ2) is 17.3. The molecule has 11 heteroatoms. The Labute approximate surface area is 213 Å². The molecule has 0 aromatic heterocycles. The van der Waals surface area contributed by atoms with Gasteiger partial charge in [-0.15, -0.1) is 0 Å². The fourth-order valence-electron chi connectivity index (χ4n) is 3.49. The van der Waals surface area contributed by atoms with Crippen LogP contribution in [0.25, 0.3) is 0 Å². The number of unbranched alkanes of at least 4 members (excludes halogenated alkanes) is 2. The Morgan fingerprint density at radius 1 is 0.971 bits per heavy atom. The lowest BCUT2D eigenvalue weighted by Gasteiger charge is -2.15. The van der Waals surface area contributed by atoms with Crippen molar-refractivity contribution in [1.82, 2.24) is 5.32 Å². The third-order valence-electron chi connectivity index (χ3n) is 5.50. The predicted molar refractivity (Wildman–Crippen MR) is 144 cm³/mol. The molecule has 1 rings (SSSR count). The van der Waals surface area contributed by atoms with Gasteiger partial charge in [0, 0.05) is 24.0 Å². The molecule has 0 heterocycles. The van der Waals surface area contributed by atoms with Gasteiger partial charge in [0.25, 0.3) is 0 Å². The van der Waals surface area contributed by atoms with E-state index in [4.69, 9.17) is 27.7 Å². The fraction of sp³-hybridized carbons (Fsp3) is 0.609. The first-order valence-electron chi connectivity index (χ1n) is 11.6. The van der Waals surface area contributed by atoms with Crippen LogP contribution in [-0.2, 0) is 21.1 Å². The maximum absolute atomic E-state index is 12.2. The Balaban J connectivity index is 2.23. The van der Waals surface area contributed by atoms with E-state index in [1.54, 1.807) is 0 Å². The number of carbonyl (C=O) groups is 2. The summed E-state index contributed by atoms with van der Waals surface area (Å²) in [6, 6.07) is 5.19. The highest BCUT2D eigenvalue weighted by atomic mass is 32.1. The van der Waals surface area contributed by atoms with Crippen LogP contribution in [0, 0.1) is 5.92 Å². The Kier molecular flexibility index (Phi) is 15.3. The number of aliphatic imine (C=N–C) groups is 1. The van der Waals surface area contributed by atoms with Crippen molar-refractivity contribution in [2.75, 3.05) is 19.7 Å². The number of nitrogens with two attached hydrogens (primary N) is 4. The van der Waals surface area contributed by atoms with E-state index in [0.29, 0.717) is 50.5 Å². The van der Waals surface area contributed by atoms with Gasteiger partial charge in [-0.2, -0.15) is 25.3 Å². The normalized spacial score (nSPS) is 12.6. The van der Waals surface area contributed by atoms with Crippen molar-refractivity contribution >= 4 is 43.0 Å². The SMILES string of the molecule is NC(=O)C(CCCCN=C(N)N)CCCC[C@@H](N)C(=O)NCCOc1ccc(CS)c(CS)c1. The molecule has 0 bridgehead atoms. The highest BCUT2D eigenvalue weighted by molar-refractivity contribution is 7.79. The minimum atomic E-state index is -0.600. The fourth-order valence-corrected chi connectivity index (χ4v) is 4.10. The first-order valence-corrected chi connectivity index (χ1v) is 12.9. The van der Waals surface area contributed by atoms with E-state index in [1.165, 1.54) is 0 Å². The molecule has 34 heavy (non-hydrogen) atoms. The van der Waals surface area contributed by atoms with Gasteiger partial charge >= 0.3 is 0 Å². The van der Waals surface area contributed by atoms with Crippen molar-refractivity contribution in [1.29, 1.82) is 0 Å². The number of carbonyl (C=O) groups excluding carboxylic acids is 2. The van der Waals surface area contributed by atoms with Gasteiger partial charge < -0.3 is 33.0 Å². The van der Waals surface area contributed by atoms with E-state index >= 15 is 0 Å². The number of rotatable bonds is 18. The number of benzene rings is 1. The molecule has 1 aromatic rings. The molecule has 2 atom stereocenters. The zero-order chi connectivity index (χ0) is 25.3. The molecule has 0 saturated carbocycles. The third-order valence-corrected chi connectivity index (χ3v) is 6.18. The van der Waals surface area contributed by atoms with Gasteiger partial charge in [-0.3, -0.25) is 14.6 Å². The molecule has 0 aliphatic rings. The lowest BCUT2D eigenvalue weighted by molar-refractivity contribution is -0.123. The number of ether oxygens (including phenoxy) is 1. The highest BCUT2D eigenvalue weighted by Crippen LogP contribution is 2.21. The number of hydrogen-bond donors (Lipinski definition) is 7. The smallest absolute Gasteiger partial charge is 0.237 e. The molecule has 0 saturated heterocycles. The van der Waals surface area contributed by atoms with Gasteiger partial charge in [0.05, 0.1) is 12.6 Å². The zero-order valence-corrected chi connectivity index (χ0v) is 21.5. The average molecular weight is 513 g/mol. The molecule has 0 radical (unpaired) electrons. The van der Waals surface area contributed by atoms with E-state index in [-0.39, 0.29) is 23.7 Å². The summed E-state index contributed by atoms with van der Waals surface area (Å²) in [6.45, 7) is 1.25. The minimum Gasteiger partial charge on any atom is -0.492 e. The van der Waals surface area contributed by atoms with Gasteiger partial charge in [-0.1, -0.05) is 25.3 Å². The summed E-state index contributed by atoms with van der Waals surface area (Å²) in [5.41, 5.74) is 24.3. The van der Waals surface area contributed by atoms with Crippen LogP contribution in [0.1, 0.15) is 56.1 Å². The largest absolute Gasteiger partial charge is 0.492 e. The molecule has 9 nitrogen and oxygen atoms in total. The molecule has 0 aliphatic carbocycles. The van der Waals surface area contributed by atoms with Crippen molar-refractivity contribution < 1.29 is 14.3 Å². The van der Waals surface area contributed by atoms with Gasteiger partial charge in [0.1, 0.15) is 12.4 Å². The minimum absolute atomic E-state index is 0.0707. The van der Waals surface area contributed by atoms with Crippen molar-refractivity contribution in [3.05, 3.63) is 29.3 Å². The summed E-state index contributed by atoms with van der Waals surface area (Å²) >= 11 is 8.63. The monoisotopic (exact) mass is 512 g/mol. The van der Waals surface area contributed by atoms with Gasteiger partial charge in [0.15, 0.2) is 5.96 Å². The molecular weight excluding hydrogens is 472 g/mol. The molecule has 0 aliphatic heterocycles. The quantitative estimate of drug-likeness (QED) is 0.0679. The first-order chi connectivity index (χ1) is 16.3. The van der Waals surface area contributed by atoms with E-state index < -0.39 is 6.04 Å².